The molecule has 1 atom stereocenters. The zero-order valence-corrected chi connectivity index (χ0v) is 16.5. The van der Waals surface area contributed by atoms with Crippen molar-refractivity contribution in [2.24, 2.45) is 0 Å². The largest absolute Gasteiger partial charge is 0.497 e. The molecule has 1 N–H and O–H groups in total. The first kappa shape index (κ1) is 19.6. The number of aromatic nitrogens is 2. The molecule has 4 rings (SSSR count). The van der Waals surface area contributed by atoms with Crippen LogP contribution in [0.3, 0.4) is 0 Å². The smallest absolute Gasteiger partial charge is 0.255 e. The number of halogens is 1. The van der Waals surface area contributed by atoms with Gasteiger partial charge in [-0.05, 0) is 30.3 Å². The third-order valence-corrected chi connectivity index (χ3v) is 4.84. The molecule has 1 aromatic heterocycles. The van der Waals surface area contributed by atoms with E-state index in [9.17, 15) is 9.18 Å². The van der Waals surface area contributed by atoms with Gasteiger partial charge in [-0.15, -0.1) is 0 Å². The summed E-state index contributed by atoms with van der Waals surface area (Å²) >= 11 is 0. The maximum absolute atomic E-state index is 14.1. The van der Waals surface area contributed by atoms with Crippen molar-refractivity contribution in [3.8, 4) is 28.5 Å². The molecule has 0 spiro atoms. The van der Waals surface area contributed by atoms with Crippen molar-refractivity contribution in [2.75, 3.05) is 20.8 Å². The van der Waals surface area contributed by atoms with Crippen LogP contribution in [0, 0.1) is 5.82 Å². The van der Waals surface area contributed by atoms with Crippen LogP contribution >= 0.6 is 0 Å². The molecule has 0 radical (unpaired) electrons. The van der Waals surface area contributed by atoms with Crippen molar-refractivity contribution in [1.29, 1.82) is 0 Å². The SMILES string of the molecule is COc1ccc(OC)c(C(=O)NCC2Cc3cc(F)cc(-c4cnccn4)c3O2)c1. The summed E-state index contributed by atoms with van der Waals surface area (Å²) < 4.78 is 30.6. The van der Waals surface area contributed by atoms with E-state index in [1.807, 2.05) is 0 Å². The van der Waals surface area contributed by atoms with Gasteiger partial charge in [-0.1, -0.05) is 0 Å². The lowest BCUT2D eigenvalue weighted by atomic mass is 10.0. The summed E-state index contributed by atoms with van der Waals surface area (Å²) in [6.07, 6.45) is 4.78. The topological polar surface area (TPSA) is 82.6 Å². The highest BCUT2D eigenvalue weighted by molar-refractivity contribution is 5.97. The zero-order chi connectivity index (χ0) is 21.1. The standard InChI is InChI=1S/C22H20FN3O4/c1-28-15-3-4-20(29-2)18(10-15)22(27)26-11-16-8-13-7-14(23)9-17(21(13)30-16)19-12-24-5-6-25-19/h3-7,9-10,12,16H,8,11H2,1-2H3,(H,26,27). The molecule has 154 valence electrons. The first-order valence-electron chi connectivity index (χ1n) is 9.34. The number of benzene rings is 2. The molecule has 1 aliphatic rings. The van der Waals surface area contributed by atoms with Crippen molar-refractivity contribution >= 4 is 5.91 Å². The number of methoxy groups -OCH3 is 2. The lowest BCUT2D eigenvalue weighted by Crippen LogP contribution is -2.34. The summed E-state index contributed by atoms with van der Waals surface area (Å²) in [5.74, 6) is 0.870. The van der Waals surface area contributed by atoms with E-state index < -0.39 is 0 Å². The molecule has 1 unspecified atom stereocenters. The third kappa shape index (κ3) is 3.89. The number of nitrogens with zero attached hydrogens (tertiary/aromatic N) is 2. The lowest BCUT2D eigenvalue weighted by Gasteiger charge is -2.15. The normalized spacial score (nSPS) is 14.6. The van der Waals surface area contributed by atoms with Crippen LogP contribution in [0.25, 0.3) is 11.3 Å². The molecular formula is C22H20FN3O4. The van der Waals surface area contributed by atoms with Gasteiger partial charge in [0, 0.05) is 29.9 Å². The van der Waals surface area contributed by atoms with E-state index in [-0.39, 0.29) is 24.4 Å². The minimum atomic E-state index is -0.371. The molecule has 1 aliphatic heterocycles. The molecule has 8 heteroatoms. The Morgan fingerprint density at radius 3 is 2.83 bits per heavy atom. The van der Waals surface area contributed by atoms with Gasteiger partial charge < -0.3 is 19.5 Å². The van der Waals surface area contributed by atoms with Gasteiger partial charge in [0.05, 0.1) is 38.2 Å². The molecule has 0 bridgehead atoms. The van der Waals surface area contributed by atoms with E-state index in [1.165, 1.54) is 26.4 Å². The predicted molar refractivity (Wildman–Crippen MR) is 107 cm³/mol. The van der Waals surface area contributed by atoms with Crippen LogP contribution in [0.5, 0.6) is 17.2 Å². The molecule has 2 heterocycles. The summed E-state index contributed by atoms with van der Waals surface area (Å²) in [5, 5.41) is 2.85. The highest BCUT2D eigenvalue weighted by atomic mass is 19.1. The Kier molecular flexibility index (Phi) is 5.47. The summed E-state index contributed by atoms with van der Waals surface area (Å²) in [5.41, 5.74) is 2.16. The first-order valence-corrected chi connectivity index (χ1v) is 9.34. The summed E-state index contributed by atoms with van der Waals surface area (Å²) in [6.45, 7) is 0.245. The number of nitrogens with one attached hydrogen (secondary N) is 1. The van der Waals surface area contributed by atoms with Gasteiger partial charge >= 0.3 is 0 Å². The Morgan fingerprint density at radius 1 is 1.23 bits per heavy atom. The molecular weight excluding hydrogens is 389 g/mol. The number of hydrogen-bond acceptors (Lipinski definition) is 6. The Hall–Kier alpha value is -3.68. The van der Waals surface area contributed by atoms with Gasteiger partial charge in [0.2, 0.25) is 0 Å². The van der Waals surface area contributed by atoms with Gasteiger partial charge in [-0.2, -0.15) is 0 Å². The number of carbonyl (C=O) groups excluding carboxylic acids is 1. The van der Waals surface area contributed by atoms with Crippen LogP contribution in [-0.4, -0.2) is 42.7 Å². The number of ether oxygens (including phenoxy) is 3. The average molecular weight is 409 g/mol. The second kappa shape index (κ2) is 8.36. The van der Waals surface area contributed by atoms with Crippen LogP contribution in [0.15, 0.2) is 48.9 Å². The summed E-state index contributed by atoms with van der Waals surface area (Å²) in [4.78, 5) is 21.0. The Labute approximate surface area is 172 Å². The Morgan fingerprint density at radius 2 is 2.10 bits per heavy atom. The fourth-order valence-electron chi connectivity index (χ4n) is 3.43. The molecule has 30 heavy (non-hydrogen) atoms. The maximum Gasteiger partial charge on any atom is 0.255 e. The highest BCUT2D eigenvalue weighted by Gasteiger charge is 2.28. The van der Waals surface area contributed by atoms with E-state index in [4.69, 9.17) is 14.2 Å². The molecule has 1 amide bonds. The number of carbonyl (C=O) groups is 1. The van der Waals surface area contributed by atoms with E-state index in [0.29, 0.717) is 40.5 Å². The van der Waals surface area contributed by atoms with Crippen molar-refractivity contribution in [3.05, 3.63) is 65.9 Å². The molecule has 0 aliphatic carbocycles. The van der Waals surface area contributed by atoms with Gasteiger partial charge in [0.25, 0.3) is 5.91 Å². The average Bonchev–Trinajstić information content (AvgIpc) is 3.19. The summed E-state index contributed by atoms with van der Waals surface area (Å²) in [7, 11) is 3.03. The van der Waals surface area contributed by atoms with Crippen LogP contribution in [-0.2, 0) is 6.42 Å². The van der Waals surface area contributed by atoms with Crippen LogP contribution in [0.1, 0.15) is 15.9 Å². The monoisotopic (exact) mass is 409 g/mol. The van der Waals surface area contributed by atoms with Crippen LogP contribution in [0.4, 0.5) is 4.39 Å². The number of amides is 1. The number of rotatable bonds is 6. The van der Waals surface area contributed by atoms with E-state index in [0.717, 1.165) is 5.56 Å². The minimum Gasteiger partial charge on any atom is -0.497 e. The lowest BCUT2D eigenvalue weighted by molar-refractivity contribution is 0.0930. The van der Waals surface area contributed by atoms with E-state index >= 15 is 0 Å². The molecule has 0 saturated carbocycles. The van der Waals surface area contributed by atoms with Crippen molar-refractivity contribution in [1.82, 2.24) is 15.3 Å². The van der Waals surface area contributed by atoms with Crippen LogP contribution in [0.2, 0.25) is 0 Å². The van der Waals surface area contributed by atoms with Crippen molar-refractivity contribution < 1.29 is 23.4 Å². The second-order valence-corrected chi connectivity index (χ2v) is 6.75. The van der Waals surface area contributed by atoms with E-state index in [1.54, 1.807) is 36.8 Å². The van der Waals surface area contributed by atoms with E-state index in [2.05, 4.69) is 15.3 Å². The maximum atomic E-state index is 14.1. The number of fused-ring (bicyclic) bond motifs is 1. The van der Waals surface area contributed by atoms with Gasteiger partial charge in [0.15, 0.2) is 0 Å². The molecule has 2 aromatic carbocycles. The summed E-state index contributed by atoms with van der Waals surface area (Å²) in [6, 6.07) is 7.83. The molecule has 3 aromatic rings. The van der Waals surface area contributed by atoms with Crippen molar-refractivity contribution in [2.45, 2.75) is 12.5 Å². The van der Waals surface area contributed by atoms with Crippen LogP contribution < -0.4 is 19.5 Å². The Balaban J connectivity index is 1.49. The van der Waals surface area contributed by atoms with Crippen molar-refractivity contribution in [3.63, 3.8) is 0 Å². The minimum absolute atomic E-state index is 0.245. The molecule has 7 nitrogen and oxygen atoms in total. The molecule has 0 saturated heterocycles. The molecule has 0 fully saturated rings. The highest BCUT2D eigenvalue weighted by Crippen LogP contribution is 2.38. The predicted octanol–water partition coefficient (Wildman–Crippen LogP) is 3.03. The van der Waals surface area contributed by atoms with Gasteiger partial charge in [-0.25, -0.2) is 4.39 Å². The second-order valence-electron chi connectivity index (χ2n) is 6.75. The Bertz CT molecular complexity index is 1080. The third-order valence-electron chi connectivity index (χ3n) is 4.84. The van der Waals surface area contributed by atoms with Gasteiger partial charge in [-0.3, -0.25) is 14.8 Å². The fourth-order valence-corrected chi connectivity index (χ4v) is 3.43. The quantitative estimate of drug-likeness (QED) is 0.674. The fraction of sp³-hybridized carbons (Fsp3) is 0.227. The first-order chi connectivity index (χ1) is 14.6. The number of hydrogen-bond donors (Lipinski definition) is 1. The zero-order valence-electron chi connectivity index (χ0n) is 16.5. The van der Waals surface area contributed by atoms with Gasteiger partial charge in [0.1, 0.15) is 29.2 Å².